The molecular weight excluding hydrogens is 422 g/mol. The SMILES string of the molecule is CC(C(=O)Nc1cccc(Cl)c1Cl)N1C(=O)c2cc(Cl)c(Cl)cc2C1=O. The molecule has 1 unspecified atom stereocenters. The second-order valence-corrected chi connectivity index (χ2v) is 7.16. The molecule has 0 aliphatic carbocycles. The topological polar surface area (TPSA) is 66.5 Å². The van der Waals surface area contributed by atoms with Crippen LogP contribution >= 0.6 is 46.4 Å². The number of benzene rings is 2. The minimum Gasteiger partial charge on any atom is -0.323 e. The van der Waals surface area contributed by atoms with Gasteiger partial charge in [0.15, 0.2) is 0 Å². The predicted molar refractivity (Wildman–Crippen MR) is 102 cm³/mol. The average molecular weight is 432 g/mol. The zero-order chi connectivity index (χ0) is 19.2. The Balaban J connectivity index is 1.87. The van der Waals surface area contributed by atoms with Gasteiger partial charge in [0.1, 0.15) is 6.04 Å². The van der Waals surface area contributed by atoms with E-state index in [1.807, 2.05) is 0 Å². The van der Waals surface area contributed by atoms with Gasteiger partial charge in [-0.05, 0) is 31.2 Å². The van der Waals surface area contributed by atoms with Gasteiger partial charge in [0.2, 0.25) is 5.91 Å². The lowest BCUT2D eigenvalue weighted by Gasteiger charge is -2.22. The molecule has 1 aliphatic heterocycles. The summed E-state index contributed by atoms with van der Waals surface area (Å²) in [6, 6.07) is 6.28. The minimum absolute atomic E-state index is 0.102. The fraction of sp³-hybridized carbons (Fsp3) is 0.118. The van der Waals surface area contributed by atoms with Crippen molar-refractivity contribution in [2.75, 3.05) is 5.32 Å². The van der Waals surface area contributed by atoms with Crippen LogP contribution in [-0.4, -0.2) is 28.7 Å². The van der Waals surface area contributed by atoms with E-state index in [1.165, 1.54) is 19.1 Å². The first-order valence-electron chi connectivity index (χ1n) is 7.34. The van der Waals surface area contributed by atoms with E-state index in [9.17, 15) is 14.4 Å². The fourth-order valence-corrected chi connectivity index (χ4v) is 3.23. The van der Waals surface area contributed by atoms with E-state index >= 15 is 0 Å². The van der Waals surface area contributed by atoms with Crippen molar-refractivity contribution in [1.82, 2.24) is 4.90 Å². The highest BCUT2D eigenvalue weighted by atomic mass is 35.5. The normalized spacial score (nSPS) is 14.4. The van der Waals surface area contributed by atoms with Crippen molar-refractivity contribution >= 4 is 69.8 Å². The quantitative estimate of drug-likeness (QED) is 0.701. The molecule has 3 amide bonds. The Labute approximate surface area is 168 Å². The molecule has 0 bridgehead atoms. The summed E-state index contributed by atoms with van der Waals surface area (Å²) >= 11 is 23.8. The molecule has 2 aromatic carbocycles. The van der Waals surface area contributed by atoms with Crippen molar-refractivity contribution in [2.45, 2.75) is 13.0 Å². The third-order valence-electron chi connectivity index (χ3n) is 3.94. The Hall–Kier alpha value is -1.79. The number of anilines is 1. The number of rotatable bonds is 3. The van der Waals surface area contributed by atoms with Gasteiger partial charge in [-0.25, -0.2) is 0 Å². The molecule has 2 aromatic rings. The maximum Gasteiger partial charge on any atom is 0.262 e. The van der Waals surface area contributed by atoms with E-state index in [2.05, 4.69) is 5.32 Å². The first-order valence-corrected chi connectivity index (χ1v) is 8.85. The summed E-state index contributed by atoms with van der Waals surface area (Å²) in [6.07, 6.45) is 0. The molecule has 1 heterocycles. The standard InChI is InChI=1S/C17H10Cl4N2O3/c1-7(15(24)22-13-4-2-3-10(18)14(13)21)23-16(25)8-5-11(19)12(20)6-9(8)17(23)26/h2-7H,1H3,(H,22,24). The molecule has 134 valence electrons. The Morgan fingerprint density at radius 2 is 1.50 bits per heavy atom. The van der Waals surface area contributed by atoms with Crippen LogP contribution in [0, 0.1) is 0 Å². The van der Waals surface area contributed by atoms with Gasteiger partial charge in [0, 0.05) is 0 Å². The highest BCUT2D eigenvalue weighted by molar-refractivity contribution is 6.44. The van der Waals surface area contributed by atoms with Gasteiger partial charge in [-0.2, -0.15) is 0 Å². The number of hydrogen-bond acceptors (Lipinski definition) is 3. The van der Waals surface area contributed by atoms with Gasteiger partial charge in [0.05, 0.1) is 36.9 Å². The Morgan fingerprint density at radius 3 is 2.04 bits per heavy atom. The minimum atomic E-state index is -1.09. The predicted octanol–water partition coefficient (Wildman–Crippen LogP) is 4.92. The Morgan fingerprint density at radius 1 is 0.962 bits per heavy atom. The zero-order valence-corrected chi connectivity index (χ0v) is 16.2. The number of carbonyl (C=O) groups excluding carboxylic acids is 3. The molecule has 3 rings (SSSR count). The summed E-state index contributed by atoms with van der Waals surface area (Å²) in [5.74, 6) is -1.84. The molecule has 0 fully saturated rings. The third-order valence-corrected chi connectivity index (χ3v) is 5.48. The van der Waals surface area contributed by atoms with Crippen LogP contribution < -0.4 is 5.32 Å². The highest BCUT2D eigenvalue weighted by Crippen LogP contribution is 2.33. The number of nitrogens with one attached hydrogen (secondary N) is 1. The molecule has 0 radical (unpaired) electrons. The number of hydrogen-bond donors (Lipinski definition) is 1. The third kappa shape index (κ3) is 3.16. The fourth-order valence-electron chi connectivity index (χ4n) is 2.56. The van der Waals surface area contributed by atoms with E-state index in [1.54, 1.807) is 18.2 Å². The highest BCUT2D eigenvalue weighted by Gasteiger charge is 2.41. The maximum absolute atomic E-state index is 12.6. The van der Waals surface area contributed by atoms with Gasteiger partial charge in [-0.15, -0.1) is 0 Å². The van der Waals surface area contributed by atoms with Crippen molar-refractivity contribution in [1.29, 1.82) is 0 Å². The first-order chi connectivity index (χ1) is 12.2. The second kappa shape index (κ2) is 7.08. The molecule has 0 saturated carbocycles. The Kier molecular flexibility index (Phi) is 5.17. The van der Waals surface area contributed by atoms with Crippen molar-refractivity contribution in [2.24, 2.45) is 0 Å². The van der Waals surface area contributed by atoms with Crippen LogP contribution in [0.1, 0.15) is 27.6 Å². The van der Waals surface area contributed by atoms with E-state index in [0.29, 0.717) is 0 Å². The lowest BCUT2D eigenvalue weighted by atomic mass is 10.1. The molecule has 1 atom stereocenters. The molecule has 0 aromatic heterocycles. The number of nitrogens with zero attached hydrogens (tertiary/aromatic N) is 1. The summed E-state index contributed by atoms with van der Waals surface area (Å²) in [6.45, 7) is 1.43. The van der Waals surface area contributed by atoms with Gasteiger partial charge in [-0.1, -0.05) is 52.5 Å². The van der Waals surface area contributed by atoms with Crippen LogP contribution in [-0.2, 0) is 4.79 Å². The summed E-state index contributed by atoms with van der Waals surface area (Å²) in [4.78, 5) is 38.5. The van der Waals surface area contributed by atoms with Gasteiger partial charge in [-0.3, -0.25) is 19.3 Å². The summed E-state index contributed by atoms with van der Waals surface area (Å²) in [5.41, 5.74) is 0.480. The zero-order valence-electron chi connectivity index (χ0n) is 13.1. The van der Waals surface area contributed by atoms with Crippen LogP contribution in [0.2, 0.25) is 20.1 Å². The molecule has 9 heteroatoms. The molecule has 1 N–H and O–H groups in total. The lowest BCUT2D eigenvalue weighted by Crippen LogP contribution is -2.45. The van der Waals surface area contributed by atoms with Crippen LogP contribution in [0.3, 0.4) is 0 Å². The van der Waals surface area contributed by atoms with Crippen molar-refractivity contribution < 1.29 is 14.4 Å². The van der Waals surface area contributed by atoms with Crippen molar-refractivity contribution in [3.8, 4) is 0 Å². The summed E-state index contributed by atoms with van der Waals surface area (Å²) < 4.78 is 0. The van der Waals surface area contributed by atoms with Crippen LogP contribution in [0.15, 0.2) is 30.3 Å². The van der Waals surface area contributed by atoms with E-state index < -0.39 is 23.8 Å². The van der Waals surface area contributed by atoms with E-state index in [4.69, 9.17) is 46.4 Å². The van der Waals surface area contributed by atoms with Gasteiger partial charge in [0.25, 0.3) is 11.8 Å². The summed E-state index contributed by atoms with van der Waals surface area (Å²) in [7, 11) is 0. The molecule has 0 spiro atoms. The van der Waals surface area contributed by atoms with Crippen molar-refractivity contribution in [3.63, 3.8) is 0 Å². The molecule has 0 saturated heterocycles. The number of imide groups is 1. The van der Waals surface area contributed by atoms with Crippen LogP contribution in [0.25, 0.3) is 0 Å². The smallest absolute Gasteiger partial charge is 0.262 e. The average Bonchev–Trinajstić information content (AvgIpc) is 2.82. The molecule has 5 nitrogen and oxygen atoms in total. The first kappa shape index (κ1) is 19.0. The van der Waals surface area contributed by atoms with Gasteiger partial charge >= 0.3 is 0 Å². The number of halogens is 4. The maximum atomic E-state index is 12.6. The second-order valence-electron chi connectivity index (χ2n) is 5.56. The molecule has 26 heavy (non-hydrogen) atoms. The van der Waals surface area contributed by atoms with Crippen molar-refractivity contribution in [3.05, 3.63) is 61.5 Å². The van der Waals surface area contributed by atoms with E-state index in [0.717, 1.165) is 4.90 Å². The monoisotopic (exact) mass is 430 g/mol. The molecule has 1 aliphatic rings. The number of amides is 3. The van der Waals surface area contributed by atoms with Crippen LogP contribution in [0.4, 0.5) is 5.69 Å². The van der Waals surface area contributed by atoms with Gasteiger partial charge < -0.3 is 5.32 Å². The largest absolute Gasteiger partial charge is 0.323 e. The summed E-state index contributed by atoms with van der Waals surface area (Å²) in [5, 5.41) is 3.29. The van der Waals surface area contributed by atoms with E-state index in [-0.39, 0.29) is 36.9 Å². The number of carbonyl (C=O) groups is 3. The lowest BCUT2D eigenvalue weighted by molar-refractivity contribution is -0.119. The Bertz CT molecular complexity index is 920. The molecular formula is C17H10Cl4N2O3. The van der Waals surface area contributed by atoms with Crippen LogP contribution in [0.5, 0.6) is 0 Å². The number of fused-ring (bicyclic) bond motifs is 1.